The molecule has 0 radical (unpaired) electrons. The van der Waals surface area contributed by atoms with E-state index in [0.29, 0.717) is 4.68 Å². The first-order chi connectivity index (χ1) is 8.44. The molecule has 0 saturated heterocycles. The summed E-state index contributed by atoms with van der Waals surface area (Å²) in [7, 11) is 0. The molecular formula is C9H8F3N5O. The number of halogens is 3. The molecule has 0 fully saturated rings. The van der Waals surface area contributed by atoms with Gasteiger partial charge in [0.05, 0.1) is 6.20 Å². The summed E-state index contributed by atoms with van der Waals surface area (Å²) in [5, 5.41) is 3.51. The molecule has 0 saturated carbocycles. The van der Waals surface area contributed by atoms with Crippen LogP contribution in [0.1, 0.15) is 0 Å². The second kappa shape index (κ2) is 4.51. The van der Waals surface area contributed by atoms with Gasteiger partial charge in [-0.3, -0.25) is 0 Å². The zero-order chi connectivity index (χ0) is 13.2. The number of hydrogen-bond acceptors (Lipinski definition) is 5. The zero-order valence-electron chi connectivity index (χ0n) is 8.92. The summed E-state index contributed by atoms with van der Waals surface area (Å²) in [5.41, 5.74) is 5.39. The third-order valence-corrected chi connectivity index (χ3v) is 1.86. The van der Waals surface area contributed by atoms with Crippen LogP contribution in [0, 0.1) is 0 Å². The Morgan fingerprint density at radius 1 is 1.28 bits per heavy atom. The molecule has 0 bridgehead atoms. The first-order valence-corrected chi connectivity index (χ1v) is 4.79. The molecule has 2 heterocycles. The van der Waals surface area contributed by atoms with E-state index in [-0.39, 0.29) is 17.7 Å². The summed E-state index contributed by atoms with van der Waals surface area (Å²) in [6.45, 7) is -1.25. The third-order valence-electron chi connectivity index (χ3n) is 1.86. The SMILES string of the molecule is Nc1ccnc(Oc2ccnn2CC(F)(F)F)n1. The number of rotatable bonds is 3. The number of alkyl halides is 3. The van der Waals surface area contributed by atoms with Crippen LogP contribution in [-0.2, 0) is 6.54 Å². The van der Waals surface area contributed by atoms with Crippen molar-refractivity contribution >= 4 is 5.82 Å². The fraction of sp³-hybridized carbons (Fsp3) is 0.222. The topological polar surface area (TPSA) is 78.9 Å². The van der Waals surface area contributed by atoms with Crippen LogP contribution in [0.2, 0.25) is 0 Å². The van der Waals surface area contributed by atoms with Crippen LogP contribution in [-0.4, -0.2) is 25.9 Å². The van der Waals surface area contributed by atoms with Crippen molar-refractivity contribution in [1.82, 2.24) is 19.7 Å². The average Bonchev–Trinajstić information content (AvgIpc) is 2.63. The molecule has 2 aromatic rings. The number of anilines is 1. The summed E-state index contributed by atoms with van der Waals surface area (Å²) in [5.74, 6) is 0.0415. The van der Waals surface area contributed by atoms with Crippen LogP contribution in [0.4, 0.5) is 19.0 Å². The van der Waals surface area contributed by atoms with Gasteiger partial charge in [0.1, 0.15) is 12.4 Å². The van der Waals surface area contributed by atoms with Crippen LogP contribution < -0.4 is 10.5 Å². The number of nitrogens with two attached hydrogens (primary N) is 1. The van der Waals surface area contributed by atoms with Gasteiger partial charge < -0.3 is 10.5 Å². The van der Waals surface area contributed by atoms with E-state index in [1.165, 1.54) is 24.5 Å². The van der Waals surface area contributed by atoms with Crippen LogP contribution in [0.3, 0.4) is 0 Å². The van der Waals surface area contributed by atoms with Crippen molar-refractivity contribution in [1.29, 1.82) is 0 Å². The largest absolute Gasteiger partial charge is 0.408 e. The Bertz CT molecular complexity index is 539. The minimum Gasteiger partial charge on any atom is -0.405 e. The van der Waals surface area contributed by atoms with Gasteiger partial charge >= 0.3 is 12.2 Å². The number of hydrogen-bond donors (Lipinski definition) is 1. The summed E-state index contributed by atoms with van der Waals surface area (Å²) in [4.78, 5) is 7.42. The van der Waals surface area contributed by atoms with Crippen LogP contribution >= 0.6 is 0 Å². The number of nitrogens with zero attached hydrogens (tertiary/aromatic N) is 4. The predicted molar refractivity (Wildman–Crippen MR) is 54.8 cm³/mol. The lowest BCUT2D eigenvalue weighted by molar-refractivity contribution is -0.143. The Hall–Kier alpha value is -2.32. The highest BCUT2D eigenvalue weighted by Crippen LogP contribution is 2.23. The molecule has 0 aliphatic carbocycles. The average molecular weight is 259 g/mol. The maximum Gasteiger partial charge on any atom is 0.408 e. The molecule has 2 rings (SSSR count). The van der Waals surface area contributed by atoms with Gasteiger partial charge in [0.2, 0.25) is 5.88 Å². The van der Waals surface area contributed by atoms with Crippen molar-refractivity contribution in [2.45, 2.75) is 12.7 Å². The van der Waals surface area contributed by atoms with Crippen molar-refractivity contribution in [2.24, 2.45) is 0 Å². The Morgan fingerprint density at radius 3 is 2.72 bits per heavy atom. The maximum atomic E-state index is 12.2. The van der Waals surface area contributed by atoms with Crippen molar-refractivity contribution in [3.63, 3.8) is 0 Å². The molecular weight excluding hydrogens is 251 g/mol. The minimum atomic E-state index is -4.39. The smallest absolute Gasteiger partial charge is 0.405 e. The molecule has 2 aromatic heterocycles. The van der Waals surface area contributed by atoms with Gasteiger partial charge in [0, 0.05) is 12.3 Å². The van der Waals surface area contributed by atoms with Gasteiger partial charge in [0.25, 0.3) is 0 Å². The Labute approximate surface area is 99.2 Å². The molecule has 2 N–H and O–H groups in total. The minimum absolute atomic E-state index is 0.113. The predicted octanol–water partition coefficient (Wildman–Crippen LogP) is 1.61. The first kappa shape index (κ1) is 12.1. The van der Waals surface area contributed by atoms with Crippen molar-refractivity contribution in [3.8, 4) is 11.9 Å². The van der Waals surface area contributed by atoms with Gasteiger partial charge in [-0.25, -0.2) is 9.67 Å². The molecule has 96 valence electrons. The first-order valence-electron chi connectivity index (χ1n) is 4.79. The summed E-state index contributed by atoms with van der Waals surface area (Å²) in [6.07, 6.45) is -1.86. The number of aromatic nitrogens is 4. The number of ether oxygens (including phenoxy) is 1. The van der Waals surface area contributed by atoms with E-state index in [1.807, 2.05) is 0 Å². The van der Waals surface area contributed by atoms with E-state index in [2.05, 4.69) is 15.1 Å². The molecule has 0 unspecified atom stereocenters. The van der Waals surface area contributed by atoms with E-state index >= 15 is 0 Å². The molecule has 0 atom stereocenters. The van der Waals surface area contributed by atoms with Gasteiger partial charge in [-0.05, 0) is 6.07 Å². The molecule has 6 nitrogen and oxygen atoms in total. The van der Waals surface area contributed by atoms with E-state index in [1.54, 1.807) is 0 Å². The highest BCUT2D eigenvalue weighted by molar-refractivity contribution is 5.27. The lowest BCUT2D eigenvalue weighted by Crippen LogP contribution is -2.19. The molecule has 0 aliphatic rings. The molecule has 0 amide bonds. The summed E-state index contributed by atoms with van der Waals surface area (Å²) in [6, 6.07) is 2.57. The lowest BCUT2D eigenvalue weighted by Gasteiger charge is -2.09. The summed E-state index contributed by atoms with van der Waals surface area (Å²) < 4.78 is 42.4. The van der Waals surface area contributed by atoms with E-state index in [9.17, 15) is 13.2 Å². The lowest BCUT2D eigenvalue weighted by atomic mass is 10.6. The van der Waals surface area contributed by atoms with Gasteiger partial charge in [0.15, 0.2) is 0 Å². The monoisotopic (exact) mass is 259 g/mol. The van der Waals surface area contributed by atoms with Crippen molar-refractivity contribution in [3.05, 3.63) is 24.5 Å². The van der Waals surface area contributed by atoms with Crippen LogP contribution in [0.5, 0.6) is 11.9 Å². The second-order valence-corrected chi connectivity index (χ2v) is 3.31. The van der Waals surface area contributed by atoms with Crippen LogP contribution in [0.15, 0.2) is 24.5 Å². The van der Waals surface area contributed by atoms with Crippen LogP contribution in [0.25, 0.3) is 0 Å². The van der Waals surface area contributed by atoms with Crippen molar-refractivity contribution in [2.75, 3.05) is 5.73 Å². The fourth-order valence-corrected chi connectivity index (χ4v) is 1.19. The highest BCUT2D eigenvalue weighted by atomic mass is 19.4. The molecule has 0 aliphatic heterocycles. The van der Waals surface area contributed by atoms with Crippen molar-refractivity contribution < 1.29 is 17.9 Å². The van der Waals surface area contributed by atoms with Gasteiger partial charge in [-0.1, -0.05) is 0 Å². The Kier molecular flexibility index (Phi) is 3.04. The molecule has 0 aromatic carbocycles. The fourth-order valence-electron chi connectivity index (χ4n) is 1.19. The quantitative estimate of drug-likeness (QED) is 0.905. The summed E-state index contributed by atoms with van der Waals surface area (Å²) >= 11 is 0. The molecule has 18 heavy (non-hydrogen) atoms. The number of nitrogen functional groups attached to an aromatic ring is 1. The highest BCUT2D eigenvalue weighted by Gasteiger charge is 2.29. The maximum absolute atomic E-state index is 12.2. The second-order valence-electron chi connectivity index (χ2n) is 3.31. The van der Waals surface area contributed by atoms with E-state index in [0.717, 1.165) is 0 Å². The van der Waals surface area contributed by atoms with Gasteiger partial charge in [-0.2, -0.15) is 23.3 Å². The third kappa shape index (κ3) is 3.09. The Balaban J connectivity index is 2.17. The van der Waals surface area contributed by atoms with E-state index in [4.69, 9.17) is 10.5 Å². The molecule has 0 spiro atoms. The van der Waals surface area contributed by atoms with E-state index < -0.39 is 12.7 Å². The normalized spacial score (nSPS) is 11.5. The Morgan fingerprint density at radius 2 is 2.06 bits per heavy atom. The van der Waals surface area contributed by atoms with Gasteiger partial charge in [-0.15, -0.1) is 0 Å². The zero-order valence-corrected chi connectivity index (χ0v) is 8.92. The standard InChI is InChI=1S/C9H8F3N5O/c10-9(11,12)5-17-7(2-4-15-17)18-8-14-3-1-6(13)16-8/h1-4H,5H2,(H2,13,14,16). The molecule has 9 heteroatoms.